The van der Waals surface area contributed by atoms with Crippen LogP contribution in [0.3, 0.4) is 0 Å². The van der Waals surface area contributed by atoms with Crippen LogP contribution in [0.2, 0.25) is 0 Å². The lowest BCUT2D eigenvalue weighted by molar-refractivity contribution is -0.230. The first-order valence-corrected chi connectivity index (χ1v) is 9.00. The molecule has 2 N–H and O–H groups in total. The molecule has 0 aromatic heterocycles. The van der Waals surface area contributed by atoms with Gasteiger partial charge in [-0.2, -0.15) is 0 Å². The minimum atomic E-state index is -0.582. The third-order valence-corrected chi connectivity index (χ3v) is 4.58. The van der Waals surface area contributed by atoms with E-state index in [1.165, 1.54) is 38.5 Å². The molecule has 0 aliphatic carbocycles. The van der Waals surface area contributed by atoms with Crippen LogP contribution in [-0.4, -0.2) is 39.1 Å². The van der Waals surface area contributed by atoms with Gasteiger partial charge in [-0.3, -0.25) is 4.79 Å². The van der Waals surface area contributed by atoms with Gasteiger partial charge in [-0.25, -0.2) is 0 Å². The summed E-state index contributed by atoms with van der Waals surface area (Å²) in [6.45, 7) is 4.57. The summed E-state index contributed by atoms with van der Waals surface area (Å²) in [6.07, 6.45) is 10.4. The van der Waals surface area contributed by atoms with Gasteiger partial charge in [0.15, 0.2) is 5.79 Å². The lowest BCUT2D eigenvalue weighted by Gasteiger charge is -2.35. The molecule has 0 rings (SSSR count). The Morgan fingerprint density at radius 3 is 2.13 bits per heavy atom. The predicted octanol–water partition coefficient (Wildman–Crippen LogP) is 3.64. The molecule has 0 amide bonds. The standard InChI is InChI=1S/C18H37NO4/c1-5-6-7-8-9-10-12-16(18(2,21-3)22-4)13-11-14-23-17(20)15-19/h16H,5-15,19H2,1-4H3. The lowest BCUT2D eigenvalue weighted by Crippen LogP contribution is -2.39. The van der Waals surface area contributed by atoms with Crippen LogP contribution in [0.1, 0.15) is 71.6 Å². The SMILES string of the molecule is CCCCCCCCC(CCCOC(=O)CN)C(C)(OC)OC. The van der Waals surface area contributed by atoms with Crippen molar-refractivity contribution in [3.63, 3.8) is 0 Å². The van der Waals surface area contributed by atoms with Gasteiger partial charge >= 0.3 is 5.97 Å². The van der Waals surface area contributed by atoms with E-state index in [2.05, 4.69) is 6.92 Å². The van der Waals surface area contributed by atoms with Crippen molar-refractivity contribution in [2.24, 2.45) is 11.7 Å². The third kappa shape index (κ3) is 9.95. The Morgan fingerprint density at radius 1 is 1.00 bits per heavy atom. The summed E-state index contributed by atoms with van der Waals surface area (Å²) in [7, 11) is 3.37. The summed E-state index contributed by atoms with van der Waals surface area (Å²) in [4.78, 5) is 11.1. The zero-order valence-electron chi connectivity index (χ0n) is 15.6. The second-order valence-electron chi connectivity index (χ2n) is 6.24. The second kappa shape index (κ2) is 13.8. The summed E-state index contributed by atoms with van der Waals surface area (Å²) in [5.41, 5.74) is 5.23. The number of ether oxygens (including phenoxy) is 3. The molecule has 0 spiro atoms. The Kier molecular flexibility index (Phi) is 13.4. The van der Waals surface area contributed by atoms with Crippen LogP contribution in [0.5, 0.6) is 0 Å². The highest BCUT2D eigenvalue weighted by Gasteiger charge is 2.33. The van der Waals surface area contributed by atoms with Gasteiger partial charge in [-0.1, -0.05) is 45.4 Å². The molecular formula is C18H37NO4. The topological polar surface area (TPSA) is 70.8 Å². The average Bonchev–Trinajstić information content (AvgIpc) is 2.58. The maximum Gasteiger partial charge on any atom is 0.319 e. The summed E-state index contributed by atoms with van der Waals surface area (Å²) in [5.74, 6) is -0.639. The van der Waals surface area contributed by atoms with Crippen molar-refractivity contribution < 1.29 is 19.0 Å². The fourth-order valence-electron chi connectivity index (χ4n) is 2.83. The number of hydrogen-bond acceptors (Lipinski definition) is 5. The number of carbonyl (C=O) groups excluding carboxylic acids is 1. The highest BCUT2D eigenvalue weighted by Crippen LogP contribution is 2.31. The normalized spacial score (nSPS) is 13.1. The van der Waals surface area contributed by atoms with Crippen molar-refractivity contribution in [2.45, 2.75) is 77.4 Å². The summed E-state index contributed by atoms with van der Waals surface area (Å²) in [6, 6.07) is 0. The molecule has 138 valence electrons. The van der Waals surface area contributed by atoms with E-state index in [4.69, 9.17) is 19.9 Å². The molecule has 0 bridgehead atoms. The van der Waals surface area contributed by atoms with Gasteiger partial charge in [0.05, 0.1) is 13.2 Å². The molecule has 0 aromatic carbocycles. The van der Waals surface area contributed by atoms with E-state index in [1.807, 2.05) is 6.92 Å². The number of unbranched alkanes of at least 4 members (excludes halogenated alkanes) is 5. The van der Waals surface area contributed by atoms with Crippen LogP contribution >= 0.6 is 0 Å². The quantitative estimate of drug-likeness (QED) is 0.282. The van der Waals surface area contributed by atoms with E-state index in [0.717, 1.165) is 19.3 Å². The maximum atomic E-state index is 11.1. The van der Waals surface area contributed by atoms with Crippen LogP contribution in [0.15, 0.2) is 0 Å². The number of methoxy groups -OCH3 is 2. The van der Waals surface area contributed by atoms with Crippen molar-refractivity contribution in [3.8, 4) is 0 Å². The third-order valence-electron chi connectivity index (χ3n) is 4.58. The molecule has 1 atom stereocenters. The molecule has 23 heavy (non-hydrogen) atoms. The van der Waals surface area contributed by atoms with E-state index in [1.54, 1.807) is 14.2 Å². The molecule has 0 heterocycles. The highest BCUT2D eigenvalue weighted by molar-refractivity contribution is 5.71. The molecule has 0 aromatic rings. The lowest BCUT2D eigenvalue weighted by atomic mass is 9.88. The van der Waals surface area contributed by atoms with Crippen molar-refractivity contribution in [1.29, 1.82) is 0 Å². The first-order valence-electron chi connectivity index (χ1n) is 9.00. The van der Waals surface area contributed by atoms with Crippen molar-refractivity contribution >= 4 is 5.97 Å². The number of esters is 1. The average molecular weight is 331 g/mol. The molecule has 0 aliphatic rings. The molecule has 0 fully saturated rings. The van der Waals surface area contributed by atoms with Gasteiger partial charge in [0, 0.05) is 20.1 Å². The van der Waals surface area contributed by atoms with Crippen LogP contribution in [0, 0.1) is 5.92 Å². The molecule has 5 nitrogen and oxygen atoms in total. The first-order chi connectivity index (χ1) is 11.0. The molecule has 0 saturated carbocycles. The van der Waals surface area contributed by atoms with Crippen LogP contribution in [-0.2, 0) is 19.0 Å². The molecule has 0 aliphatic heterocycles. The minimum absolute atomic E-state index is 0.0605. The first kappa shape index (κ1) is 22.4. The van der Waals surface area contributed by atoms with Gasteiger partial charge in [0.25, 0.3) is 0 Å². The van der Waals surface area contributed by atoms with Gasteiger partial charge in [-0.15, -0.1) is 0 Å². The number of carbonyl (C=O) groups is 1. The Morgan fingerprint density at radius 2 is 1.57 bits per heavy atom. The van der Waals surface area contributed by atoms with Gasteiger partial charge < -0.3 is 19.9 Å². The number of hydrogen-bond donors (Lipinski definition) is 1. The Labute approximate surface area is 142 Å². The molecule has 1 unspecified atom stereocenters. The van der Waals surface area contributed by atoms with E-state index >= 15 is 0 Å². The van der Waals surface area contributed by atoms with E-state index in [-0.39, 0.29) is 12.5 Å². The minimum Gasteiger partial charge on any atom is -0.465 e. The zero-order chi connectivity index (χ0) is 17.6. The van der Waals surface area contributed by atoms with E-state index in [0.29, 0.717) is 12.5 Å². The van der Waals surface area contributed by atoms with Crippen LogP contribution in [0.25, 0.3) is 0 Å². The Balaban J connectivity index is 4.22. The van der Waals surface area contributed by atoms with E-state index in [9.17, 15) is 4.79 Å². The van der Waals surface area contributed by atoms with Crippen molar-refractivity contribution in [2.75, 3.05) is 27.4 Å². The molecular weight excluding hydrogens is 294 g/mol. The highest BCUT2D eigenvalue weighted by atomic mass is 16.7. The molecule has 0 radical (unpaired) electrons. The van der Waals surface area contributed by atoms with Gasteiger partial charge in [-0.05, 0) is 26.2 Å². The van der Waals surface area contributed by atoms with Gasteiger partial charge in [0.1, 0.15) is 0 Å². The number of nitrogens with two attached hydrogens (primary N) is 1. The summed E-state index contributed by atoms with van der Waals surface area (Å²) < 4.78 is 16.2. The summed E-state index contributed by atoms with van der Waals surface area (Å²) in [5, 5.41) is 0. The largest absolute Gasteiger partial charge is 0.465 e. The number of rotatable bonds is 15. The Hall–Kier alpha value is -0.650. The predicted molar refractivity (Wildman–Crippen MR) is 93.2 cm³/mol. The fourth-order valence-corrected chi connectivity index (χ4v) is 2.83. The van der Waals surface area contributed by atoms with Crippen LogP contribution < -0.4 is 5.73 Å². The van der Waals surface area contributed by atoms with Crippen molar-refractivity contribution in [1.82, 2.24) is 0 Å². The molecule has 5 heteroatoms. The zero-order valence-corrected chi connectivity index (χ0v) is 15.6. The van der Waals surface area contributed by atoms with Crippen molar-refractivity contribution in [3.05, 3.63) is 0 Å². The van der Waals surface area contributed by atoms with Crippen LogP contribution in [0.4, 0.5) is 0 Å². The molecule has 0 saturated heterocycles. The van der Waals surface area contributed by atoms with E-state index < -0.39 is 5.79 Å². The monoisotopic (exact) mass is 331 g/mol. The van der Waals surface area contributed by atoms with Gasteiger partial charge in [0.2, 0.25) is 0 Å². The fraction of sp³-hybridized carbons (Fsp3) is 0.944. The second-order valence-corrected chi connectivity index (χ2v) is 6.24. The summed E-state index contributed by atoms with van der Waals surface area (Å²) >= 11 is 0. The maximum absolute atomic E-state index is 11.1. The smallest absolute Gasteiger partial charge is 0.319 e. The Bertz CT molecular complexity index is 293.